The second-order valence-corrected chi connectivity index (χ2v) is 5.54. The zero-order valence-electron chi connectivity index (χ0n) is 13.1. The molecule has 0 bridgehead atoms. The van der Waals surface area contributed by atoms with E-state index in [0.717, 1.165) is 5.56 Å². The number of halogens is 1. The van der Waals surface area contributed by atoms with Gasteiger partial charge in [0.1, 0.15) is 11.6 Å². The van der Waals surface area contributed by atoms with Crippen LogP contribution in [0.25, 0.3) is 6.08 Å². The van der Waals surface area contributed by atoms with Crippen LogP contribution < -0.4 is 10.1 Å². The summed E-state index contributed by atoms with van der Waals surface area (Å²) in [5.74, 6) is -0.429. The smallest absolute Gasteiger partial charge is 0.221 e. The Labute approximate surface area is 138 Å². The number of ketones is 1. The Bertz CT molecular complexity index is 825. The number of anilines is 1. The Morgan fingerprint density at radius 1 is 1.21 bits per heavy atom. The molecule has 122 valence electrons. The van der Waals surface area contributed by atoms with Crippen molar-refractivity contribution in [3.8, 4) is 5.75 Å². The first-order chi connectivity index (χ1) is 11.5. The summed E-state index contributed by atoms with van der Waals surface area (Å²) in [6.07, 6.45) is 2.21. The lowest BCUT2D eigenvalue weighted by Gasteiger charge is -2.05. The van der Waals surface area contributed by atoms with Crippen molar-refractivity contribution in [2.75, 3.05) is 11.9 Å². The molecule has 3 rings (SSSR count). The number of hydrogen-bond acceptors (Lipinski definition) is 3. The molecule has 0 saturated carbocycles. The molecule has 0 aliphatic carbocycles. The molecule has 2 aromatic carbocycles. The van der Waals surface area contributed by atoms with Crippen molar-refractivity contribution >= 4 is 23.5 Å². The van der Waals surface area contributed by atoms with Gasteiger partial charge in [0.05, 0.1) is 12.2 Å². The first kappa shape index (κ1) is 15.9. The molecule has 1 aliphatic heterocycles. The average molecular weight is 325 g/mol. The number of carbonyl (C=O) groups is 2. The zero-order chi connectivity index (χ0) is 17.1. The monoisotopic (exact) mass is 325 g/mol. The summed E-state index contributed by atoms with van der Waals surface area (Å²) < 4.78 is 19.0. The number of nitrogens with one attached hydrogen (secondary N) is 1. The third-order valence-electron chi connectivity index (χ3n) is 3.68. The molecule has 0 radical (unpaired) electrons. The number of carbonyl (C=O) groups excluding carboxylic acids is 2. The molecule has 0 atom stereocenters. The minimum Gasteiger partial charge on any atom is -0.492 e. The molecule has 1 N–H and O–H groups in total. The topological polar surface area (TPSA) is 55.4 Å². The SMILES string of the molecule is CC(=O)Nc1ccc(/C=C2/CCOc3ccc(F)cc3C2=O)cc1. The summed E-state index contributed by atoms with van der Waals surface area (Å²) >= 11 is 0. The molecule has 24 heavy (non-hydrogen) atoms. The van der Waals surface area contributed by atoms with Gasteiger partial charge < -0.3 is 10.1 Å². The maximum Gasteiger partial charge on any atom is 0.221 e. The van der Waals surface area contributed by atoms with Crippen molar-refractivity contribution in [1.82, 2.24) is 0 Å². The Morgan fingerprint density at radius 3 is 2.67 bits per heavy atom. The van der Waals surface area contributed by atoms with Crippen LogP contribution >= 0.6 is 0 Å². The van der Waals surface area contributed by atoms with E-state index in [1.54, 1.807) is 18.2 Å². The molecule has 5 heteroatoms. The molecule has 1 amide bonds. The highest BCUT2D eigenvalue weighted by Crippen LogP contribution is 2.28. The standard InChI is InChI=1S/C19H16FNO3/c1-12(22)21-16-5-2-13(3-6-16)10-14-8-9-24-18-7-4-15(20)11-17(18)19(14)23/h2-7,10-11H,8-9H2,1H3,(H,21,22)/b14-10-. The molecule has 2 aromatic rings. The Morgan fingerprint density at radius 2 is 1.96 bits per heavy atom. The molecule has 4 nitrogen and oxygen atoms in total. The van der Waals surface area contributed by atoms with Crippen molar-refractivity contribution in [2.45, 2.75) is 13.3 Å². The molecular formula is C19H16FNO3. The van der Waals surface area contributed by atoms with Crippen LogP contribution in [0.15, 0.2) is 48.0 Å². The summed E-state index contributed by atoms with van der Waals surface area (Å²) in [5.41, 5.74) is 2.32. The lowest BCUT2D eigenvalue weighted by atomic mass is 9.99. The van der Waals surface area contributed by atoms with E-state index in [1.807, 2.05) is 12.1 Å². The Balaban J connectivity index is 1.89. The number of benzene rings is 2. The number of ether oxygens (including phenoxy) is 1. The minimum atomic E-state index is -0.466. The molecule has 1 heterocycles. The predicted octanol–water partition coefficient (Wildman–Crippen LogP) is 3.83. The number of hydrogen-bond donors (Lipinski definition) is 1. The fourth-order valence-electron chi connectivity index (χ4n) is 2.57. The molecule has 1 aliphatic rings. The van der Waals surface area contributed by atoms with Crippen molar-refractivity contribution in [3.05, 3.63) is 65.0 Å². The summed E-state index contributed by atoms with van der Waals surface area (Å²) in [7, 11) is 0. The summed E-state index contributed by atoms with van der Waals surface area (Å²) in [4.78, 5) is 23.7. The molecule has 0 aromatic heterocycles. The van der Waals surface area contributed by atoms with E-state index in [0.29, 0.717) is 30.0 Å². The van der Waals surface area contributed by atoms with Crippen molar-refractivity contribution in [2.24, 2.45) is 0 Å². The normalized spacial score (nSPS) is 15.4. The van der Waals surface area contributed by atoms with Crippen LogP contribution in [0, 0.1) is 5.82 Å². The molecule has 0 saturated heterocycles. The largest absolute Gasteiger partial charge is 0.492 e. The quantitative estimate of drug-likeness (QED) is 0.854. The van der Waals surface area contributed by atoms with Crippen LogP contribution in [0.1, 0.15) is 29.3 Å². The summed E-state index contributed by atoms with van der Waals surface area (Å²) in [6.45, 7) is 1.80. The highest BCUT2D eigenvalue weighted by Gasteiger charge is 2.21. The van der Waals surface area contributed by atoms with Gasteiger partial charge in [-0.05, 0) is 42.0 Å². The summed E-state index contributed by atoms with van der Waals surface area (Å²) in [6, 6.07) is 11.1. The fourth-order valence-corrected chi connectivity index (χ4v) is 2.57. The number of amides is 1. The Hall–Kier alpha value is -2.95. The lowest BCUT2D eigenvalue weighted by molar-refractivity contribution is -0.114. The molecule has 0 spiro atoms. The minimum absolute atomic E-state index is 0.143. The van der Waals surface area contributed by atoms with E-state index in [1.165, 1.54) is 25.1 Å². The first-order valence-electron chi connectivity index (χ1n) is 7.58. The van der Waals surface area contributed by atoms with Gasteiger partial charge in [-0.15, -0.1) is 0 Å². The van der Waals surface area contributed by atoms with E-state index < -0.39 is 5.82 Å². The fraction of sp³-hybridized carbons (Fsp3) is 0.158. The summed E-state index contributed by atoms with van der Waals surface area (Å²) in [5, 5.41) is 2.69. The first-order valence-corrected chi connectivity index (χ1v) is 7.58. The highest BCUT2D eigenvalue weighted by molar-refractivity contribution is 6.13. The third kappa shape index (κ3) is 3.51. The van der Waals surface area contributed by atoms with E-state index in [9.17, 15) is 14.0 Å². The van der Waals surface area contributed by atoms with Crippen LogP contribution in [0.4, 0.5) is 10.1 Å². The van der Waals surface area contributed by atoms with Crippen LogP contribution in [-0.2, 0) is 4.79 Å². The van der Waals surface area contributed by atoms with E-state index in [2.05, 4.69) is 5.32 Å². The van der Waals surface area contributed by atoms with E-state index in [-0.39, 0.29) is 17.3 Å². The number of Topliss-reactive ketones (excluding diaryl/α,β-unsaturated/α-hetero) is 1. The van der Waals surface area contributed by atoms with Crippen LogP contribution in [0.5, 0.6) is 5.75 Å². The van der Waals surface area contributed by atoms with Gasteiger partial charge in [-0.1, -0.05) is 12.1 Å². The van der Waals surface area contributed by atoms with Crippen molar-refractivity contribution in [1.29, 1.82) is 0 Å². The maximum absolute atomic E-state index is 13.4. The van der Waals surface area contributed by atoms with Gasteiger partial charge >= 0.3 is 0 Å². The number of fused-ring (bicyclic) bond motifs is 1. The second kappa shape index (κ2) is 6.66. The van der Waals surface area contributed by atoms with Crippen LogP contribution in [0.2, 0.25) is 0 Å². The predicted molar refractivity (Wildman–Crippen MR) is 89.6 cm³/mol. The van der Waals surface area contributed by atoms with Gasteiger partial charge in [0.25, 0.3) is 0 Å². The Kier molecular flexibility index (Phi) is 4.42. The van der Waals surface area contributed by atoms with E-state index in [4.69, 9.17) is 4.74 Å². The second-order valence-electron chi connectivity index (χ2n) is 5.54. The number of rotatable bonds is 2. The van der Waals surface area contributed by atoms with Gasteiger partial charge in [-0.2, -0.15) is 0 Å². The maximum atomic E-state index is 13.4. The van der Waals surface area contributed by atoms with Gasteiger partial charge in [-0.3, -0.25) is 9.59 Å². The highest BCUT2D eigenvalue weighted by atomic mass is 19.1. The van der Waals surface area contributed by atoms with E-state index >= 15 is 0 Å². The van der Waals surface area contributed by atoms with Gasteiger partial charge in [0.2, 0.25) is 5.91 Å². The van der Waals surface area contributed by atoms with Gasteiger partial charge in [0.15, 0.2) is 5.78 Å². The van der Waals surface area contributed by atoms with Gasteiger partial charge in [0, 0.05) is 24.6 Å². The van der Waals surface area contributed by atoms with Crippen molar-refractivity contribution in [3.63, 3.8) is 0 Å². The molecular weight excluding hydrogens is 309 g/mol. The third-order valence-corrected chi connectivity index (χ3v) is 3.68. The van der Waals surface area contributed by atoms with Crippen molar-refractivity contribution < 1.29 is 18.7 Å². The van der Waals surface area contributed by atoms with Crippen LogP contribution in [0.3, 0.4) is 0 Å². The lowest BCUT2D eigenvalue weighted by Crippen LogP contribution is -2.05. The van der Waals surface area contributed by atoms with Gasteiger partial charge in [-0.25, -0.2) is 4.39 Å². The van der Waals surface area contributed by atoms with Crippen LogP contribution in [-0.4, -0.2) is 18.3 Å². The molecule has 0 fully saturated rings. The zero-order valence-corrected chi connectivity index (χ0v) is 13.1. The molecule has 0 unspecified atom stereocenters. The average Bonchev–Trinajstić information content (AvgIpc) is 2.69.